The van der Waals surface area contributed by atoms with Gasteiger partial charge in [-0.25, -0.2) is 9.97 Å². The van der Waals surface area contributed by atoms with Crippen molar-refractivity contribution in [1.82, 2.24) is 9.97 Å². The molecule has 0 aliphatic heterocycles. The van der Waals surface area contributed by atoms with Crippen molar-refractivity contribution in [2.45, 2.75) is 19.8 Å². The molecule has 0 bridgehead atoms. The molecule has 0 aliphatic carbocycles. The number of hydrogen-bond acceptors (Lipinski definition) is 2. The highest BCUT2D eigenvalue weighted by molar-refractivity contribution is 14.1. The van der Waals surface area contributed by atoms with E-state index in [9.17, 15) is 0 Å². The highest BCUT2D eigenvalue weighted by atomic mass is 127. The zero-order valence-corrected chi connectivity index (χ0v) is 12.4. The first kappa shape index (κ1) is 12.8. The topological polar surface area (TPSA) is 25.8 Å². The van der Waals surface area contributed by atoms with E-state index < -0.39 is 0 Å². The van der Waals surface area contributed by atoms with Crippen LogP contribution in [0.2, 0.25) is 5.15 Å². The number of hydrogen-bond donors (Lipinski definition) is 0. The third-order valence-corrected chi connectivity index (χ3v) is 4.12. The van der Waals surface area contributed by atoms with Crippen LogP contribution in [-0.2, 0) is 6.42 Å². The van der Waals surface area contributed by atoms with Crippen LogP contribution in [0.4, 0.5) is 0 Å². The van der Waals surface area contributed by atoms with E-state index in [1.54, 1.807) is 0 Å². The lowest BCUT2D eigenvalue weighted by atomic mass is 10.2. The van der Waals surface area contributed by atoms with Crippen LogP contribution in [0, 0.1) is 3.57 Å². The molecule has 88 valence electrons. The molecule has 0 radical (unpaired) electrons. The van der Waals surface area contributed by atoms with Crippen LogP contribution in [-0.4, -0.2) is 9.97 Å². The Hall–Kier alpha value is -0.680. The van der Waals surface area contributed by atoms with Crippen LogP contribution in [0.3, 0.4) is 0 Å². The predicted molar refractivity (Wildman–Crippen MR) is 79.2 cm³/mol. The maximum atomic E-state index is 6.15. The number of aromatic nitrogens is 2. The van der Waals surface area contributed by atoms with Gasteiger partial charge in [0, 0.05) is 5.56 Å². The van der Waals surface area contributed by atoms with E-state index in [-0.39, 0.29) is 0 Å². The minimum Gasteiger partial charge on any atom is -0.232 e. The maximum Gasteiger partial charge on any atom is 0.161 e. The predicted octanol–water partition coefficient (Wildman–Crippen LogP) is 4.35. The van der Waals surface area contributed by atoms with Gasteiger partial charge in [-0.2, -0.15) is 0 Å². The second-order valence-corrected chi connectivity index (χ2v) is 5.15. The maximum absolute atomic E-state index is 6.15. The van der Waals surface area contributed by atoms with Gasteiger partial charge in [0.2, 0.25) is 0 Å². The molecule has 1 heterocycles. The summed E-state index contributed by atoms with van der Waals surface area (Å²) < 4.78 is 0.964. The van der Waals surface area contributed by atoms with E-state index in [0.29, 0.717) is 11.0 Å². The average Bonchev–Trinajstić information content (AvgIpc) is 2.36. The molecule has 0 fully saturated rings. The summed E-state index contributed by atoms with van der Waals surface area (Å²) in [6.07, 6.45) is 1.98. The summed E-state index contributed by atoms with van der Waals surface area (Å²) in [4.78, 5) is 8.92. The Kier molecular flexibility index (Phi) is 4.34. The van der Waals surface area contributed by atoms with E-state index in [4.69, 9.17) is 11.6 Å². The fourth-order valence-electron chi connectivity index (χ4n) is 1.58. The standard InChI is InChI=1S/C13H12ClIN2/c1-2-6-10-11(15)12(14)17-13(16-10)9-7-4-3-5-8-9/h3-5,7-8H,2,6H2,1H3. The van der Waals surface area contributed by atoms with Crippen molar-refractivity contribution in [2.75, 3.05) is 0 Å². The highest BCUT2D eigenvalue weighted by Gasteiger charge is 2.10. The SMILES string of the molecule is CCCc1nc(-c2ccccc2)nc(Cl)c1I. The molecule has 2 rings (SSSR count). The largest absolute Gasteiger partial charge is 0.232 e. The quantitative estimate of drug-likeness (QED) is 0.602. The highest BCUT2D eigenvalue weighted by Crippen LogP contribution is 2.24. The minimum absolute atomic E-state index is 0.544. The Morgan fingerprint density at radius 1 is 1.18 bits per heavy atom. The zero-order valence-electron chi connectivity index (χ0n) is 9.45. The Morgan fingerprint density at radius 3 is 2.53 bits per heavy atom. The molecule has 0 unspecified atom stereocenters. The van der Waals surface area contributed by atoms with E-state index >= 15 is 0 Å². The molecule has 0 N–H and O–H groups in total. The van der Waals surface area contributed by atoms with Gasteiger partial charge < -0.3 is 0 Å². The number of rotatable bonds is 3. The van der Waals surface area contributed by atoms with Crippen LogP contribution < -0.4 is 0 Å². The van der Waals surface area contributed by atoms with Gasteiger partial charge in [0.15, 0.2) is 5.82 Å². The molecule has 0 aliphatic rings. The normalized spacial score (nSPS) is 10.5. The average molecular weight is 359 g/mol. The van der Waals surface area contributed by atoms with Crippen molar-refractivity contribution in [1.29, 1.82) is 0 Å². The van der Waals surface area contributed by atoms with Gasteiger partial charge in [0.25, 0.3) is 0 Å². The van der Waals surface area contributed by atoms with Crippen molar-refractivity contribution in [3.05, 3.63) is 44.7 Å². The van der Waals surface area contributed by atoms with Crippen molar-refractivity contribution < 1.29 is 0 Å². The Morgan fingerprint density at radius 2 is 1.88 bits per heavy atom. The monoisotopic (exact) mass is 358 g/mol. The Labute approximate surface area is 120 Å². The van der Waals surface area contributed by atoms with Crippen LogP contribution >= 0.6 is 34.2 Å². The molecule has 4 heteroatoms. The lowest BCUT2D eigenvalue weighted by Crippen LogP contribution is -2.00. The van der Waals surface area contributed by atoms with E-state index in [1.807, 2.05) is 30.3 Å². The van der Waals surface area contributed by atoms with Crippen molar-refractivity contribution in [2.24, 2.45) is 0 Å². The third kappa shape index (κ3) is 2.96. The molecule has 0 spiro atoms. The molecular weight excluding hydrogens is 347 g/mol. The number of halogens is 2. The summed E-state index contributed by atoms with van der Waals surface area (Å²) in [6, 6.07) is 9.92. The first-order valence-electron chi connectivity index (χ1n) is 5.49. The molecule has 0 atom stereocenters. The first-order valence-corrected chi connectivity index (χ1v) is 6.95. The van der Waals surface area contributed by atoms with E-state index in [0.717, 1.165) is 27.7 Å². The van der Waals surface area contributed by atoms with Gasteiger partial charge in [-0.15, -0.1) is 0 Å². The van der Waals surface area contributed by atoms with E-state index in [2.05, 4.69) is 39.5 Å². The van der Waals surface area contributed by atoms with Gasteiger partial charge >= 0.3 is 0 Å². The summed E-state index contributed by atoms with van der Waals surface area (Å²) >= 11 is 8.35. The lowest BCUT2D eigenvalue weighted by molar-refractivity contribution is 0.867. The Balaban J connectivity index is 2.49. The molecule has 0 amide bonds. The molecular formula is C13H12ClIN2. The van der Waals surface area contributed by atoms with Gasteiger partial charge in [0.1, 0.15) is 5.15 Å². The summed E-state index contributed by atoms with van der Waals surface area (Å²) in [6.45, 7) is 2.13. The molecule has 1 aromatic carbocycles. The molecule has 0 saturated heterocycles. The van der Waals surface area contributed by atoms with Gasteiger partial charge in [-0.05, 0) is 29.0 Å². The van der Waals surface area contributed by atoms with Crippen LogP contribution in [0.25, 0.3) is 11.4 Å². The summed E-state index contributed by atoms with van der Waals surface area (Å²) in [7, 11) is 0. The van der Waals surface area contributed by atoms with Crippen molar-refractivity contribution >= 4 is 34.2 Å². The van der Waals surface area contributed by atoms with Gasteiger partial charge in [-0.3, -0.25) is 0 Å². The first-order chi connectivity index (χ1) is 8.22. The summed E-state index contributed by atoms with van der Waals surface area (Å²) in [5.41, 5.74) is 2.04. The molecule has 1 aromatic heterocycles. The second-order valence-electron chi connectivity index (χ2n) is 3.71. The molecule has 2 aromatic rings. The van der Waals surface area contributed by atoms with Gasteiger partial charge in [0.05, 0.1) is 9.26 Å². The third-order valence-electron chi connectivity index (χ3n) is 2.40. The second kappa shape index (κ2) is 5.78. The lowest BCUT2D eigenvalue weighted by Gasteiger charge is -2.07. The Bertz CT molecular complexity index is 514. The number of nitrogens with zero attached hydrogens (tertiary/aromatic N) is 2. The van der Waals surface area contributed by atoms with Crippen LogP contribution in [0.5, 0.6) is 0 Å². The number of benzene rings is 1. The molecule has 0 saturated carbocycles. The van der Waals surface area contributed by atoms with Gasteiger partial charge in [-0.1, -0.05) is 55.3 Å². The minimum atomic E-state index is 0.544. The fourth-order valence-corrected chi connectivity index (χ4v) is 2.28. The molecule has 2 nitrogen and oxygen atoms in total. The van der Waals surface area contributed by atoms with Crippen molar-refractivity contribution in [3.63, 3.8) is 0 Å². The van der Waals surface area contributed by atoms with Crippen molar-refractivity contribution in [3.8, 4) is 11.4 Å². The summed E-state index contributed by atoms with van der Waals surface area (Å²) in [5, 5.41) is 0.544. The van der Waals surface area contributed by atoms with Crippen LogP contribution in [0.15, 0.2) is 30.3 Å². The zero-order chi connectivity index (χ0) is 12.3. The molecule has 17 heavy (non-hydrogen) atoms. The number of aryl methyl sites for hydroxylation is 1. The van der Waals surface area contributed by atoms with E-state index in [1.165, 1.54) is 0 Å². The smallest absolute Gasteiger partial charge is 0.161 e. The fraction of sp³-hybridized carbons (Fsp3) is 0.231. The summed E-state index contributed by atoms with van der Waals surface area (Å²) in [5.74, 6) is 0.708. The van der Waals surface area contributed by atoms with Crippen LogP contribution in [0.1, 0.15) is 19.0 Å².